The summed E-state index contributed by atoms with van der Waals surface area (Å²) in [6.45, 7) is 2.33. The maximum Gasteiger partial charge on any atom is 0.326 e. The zero-order chi connectivity index (χ0) is 23.8. The van der Waals surface area contributed by atoms with E-state index in [4.69, 9.17) is 4.74 Å². The van der Waals surface area contributed by atoms with Crippen LogP contribution in [0.15, 0.2) is 83.8 Å². The van der Waals surface area contributed by atoms with Gasteiger partial charge in [-0.15, -0.1) is 0 Å². The fourth-order valence-corrected chi connectivity index (χ4v) is 5.41. The van der Waals surface area contributed by atoms with Crippen LogP contribution < -0.4 is 10.4 Å². The number of imidazole rings is 1. The predicted molar refractivity (Wildman–Crippen MR) is 139 cm³/mol. The fraction of sp³-hybridized carbons (Fsp3) is 0.241. The molecule has 1 atom stereocenters. The van der Waals surface area contributed by atoms with E-state index < -0.39 is 0 Å². The molecule has 0 amide bonds. The van der Waals surface area contributed by atoms with Crippen LogP contribution >= 0.6 is 0 Å². The van der Waals surface area contributed by atoms with Gasteiger partial charge in [0.15, 0.2) is 0 Å². The van der Waals surface area contributed by atoms with Gasteiger partial charge in [-0.1, -0.05) is 54.6 Å². The summed E-state index contributed by atoms with van der Waals surface area (Å²) in [5, 5.41) is 0.976. The third-order valence-electron chi connectivity index (χ3n) is 7.22. The van der Waals surface area contributed by atoms with Gasteiger partial charge in [-0.05, 0) is 47.7 Å². The molecule has 1 aliphatic rings. The van der Waals surface area contributed by atoms with Gasteiger partial charge in [0.25, 0.3) is 0 Å². The SMILES string of the molecule is COc1ccc2c(c1)CCN(CCn1c(=O)[nH]c3c4ccccc4ncc31)C2Cc1ccccc1. The number of pyridine rings is 1. The average molecular weight is 465 g/mol. The van der Waals surface area contributed by atoms with Crippen LogP contribution in [0.25, 0.3) is 21.9 Å². The molecule has 35 heavy (non-hydrogen) atoms. The number of para-hydroxylation sites is 1. The molecule has 0 aliphatic carbocycles. The second kappa shape index (κ2) is 9.04. The number of fused-ring (bicyclic) bond motifs is 4. The molecule has 0 fully saturated rings. The Morgan fingerprint density at radius 3 is 2.71 bits per heavy atom. The monoisotopic (exact) mass is 464 g/mol. The Bertz CT molecular complexity index is 1550. The van der Waals surface area contributed by atoms with Gasteiger partial charge >= 0.3 is 5.69 Å². The van der Waals surface area contributed by atoms with Crippen LogP contribution in [0.2, 0.25) is 0 Å². The minimum atomic E-state index is -0.0834. The molecular weight excluding hydrogens is 436 g/mol. The normalized spacial score (nSPS) is 16.0. The molecule has 6 heteroatoms. The second-order valence-electron chi connectivity index (χ2n) is 9.17. The molecule has 1 unspecified atom stereocenters. The molecule has 1 N–H and O–H groups in total. The number of hydrogen-bond acceptors (Lipinski definition) is 4. The molecule has 6 nitrogen and oxygen atoms in total. The third-order valence-corrected chi connectivity index (χ3v) is 7.22. The van der Waals surface area contributed by atoms with E-state index in [1.165, 1.54) is 16.7 Å². The first-order chi connectivity index (χ1) is 17.2. The molecule has 6 rings (SSSR count). The van der Waals surface area contributed by atoms with E-state index >= 15 is 0 Å². The number of rotatable bonds is 6. The highest BCUT2D eigenvalue weighted by molar-refractivity contribution is 6.01. The zero-order valence-corrected chi connectivity index (χ0v) is 19.8. The van der Waals surface area contributed by atoms with Gasteiger partial charge in [0, 0.05) is 31.1 Å². The van der Waals surface area contributed by atoms with E-state index in [9.17, 15) is 4.79 Å². The first-order valence-corrected chi connectivity index (χ1v) is 12.1. The summed E-state index contributed by atoms with van der Waals surface area (Å²) in [7, 11) is 1.72. The smallest absolute Gasteiger partial charge is 0.326 e. The van der Waals surface area contributed by atoms with Crippen LogP contribution in [-0.4, -0.2) is 39.6 Å². The van der Waals surface area contributed by atoms with Crippen molar-refractivity contribution in [1.82, 2.24) is 19.4 Å². The first-order valence-electron chi connectivity index (χ1n) is 12.1. The van der Waals surface area contributed by atoms with Crippen molar-refractivity contribution in [2.45, 2.75) is 25.4 Å². The van der Waals surface area contributed by atoms with E-state index in [1.54, 1.807) is 7.11 Å². The molecule has 3 heterocycles. The number of H-pyrrole nitrogens is 1. The van der Waals surface area contributed by atoms with E-state index in [2.05, 4.69) is 63.4 Å². The van der Waals surface area contributed by atoms with Gasteiger partial charge in [0.2, 0.25) is 0 Å². The lowest BCUT2D eigenvalue weighted by Crippen LogP contribution is -2.39. The van der Waals surface area contributed by atoms with Crippen LogP contribution in [0.4, 0.5) is 0 Å². The summed E-state index contributed by atoms with van der Waals surface area (Å²) in [4.78, 5) is 23.1. The van der Waals surface area contributed by atoms with Crippen molar-refractivity contribution in [3.8, 4) is 5.75 Å². The Hall–Kier alpha value is -3.90. The molecule has 1 aliphatic heterocycles. The third kappa shape index (κ3) is 4.00. The molecule has 5 aromatic rings. The van der Waals surface area contributed by atoms with Gasteiger partial charge in [0.1, 0.15) is 5.75 Å². The highest BCUT2D eigenvalue weighted by Gasteiger charge is 2.28. The van der Waals surface area contributed by atoms with Gasteiger partial charge in [0.05, 0.1) is 29.9 Å². The summed E-state index contributed by atoms with van der Waals surface area (Å²) in [6, 6.07) is 25.2. The van der Waals surface area contributed by atoms with Crippen molar-refractivity contribution < 1.29 is 4.74 Å². The number of aromatic amines is 1. The number of nitrogens with one attached hydrogen (secondary N) is 1. The largest absolute Gasteiger partial charge is 0.497 e. The molecule has 3 aromatic carbocycles. The Labute approximate surface area is 203 Å². The molecule has 0 radical (unpaired) electrons. The predicted octanol–water partition coefficient (Wildman–Crippen LogP) is 4.73. The summed E-state index contributed by atoms with van der Waals surface area (Å²) in [5.41, 5.74) is 6.53. The topological polar surface area (TPSA) is 63.1 Å². The minimum absolute atomic E-state index is 0.0834. The highest BCUT2D eigenvalue weighted by Crippen LogP contribution is 2.34. The first kappa shape index (κ1) is 21.6. The van der Waals surface area contributed by atoms with Crippen molar-refractivity contribution in [3.63, 3.8) is 0 Å². The fourth-order valence-electron chi connectivity index (χ4n) is 5.41. The molecule has 2 aromatic heterocycles. The minimum Gasteiger partial charge on any atom is -0.497 e. The van der Waals surface area contributed by atoms with Crippen molar-refractivity contribution in [2.24, 2.45) is 0 Å². The maximum absolute atomic E-state index is 12.9. The molecule has 0 saturated heterocycles. The average Bonchev–Trinajstić information content (AvgIpc) is 3.23. The Kier molecular flexibility index (Phi) is 5.58. The quantitative estimate of drug-likeness (QED) is 0.395. The zero-order valence-electron chi connectivity index (χ0n) is 19.8. The molecule has 0 spiro atoms. The van der Waals surface area contributed by atoms with Crippen LogP contribution in [-0.2, 0) is 19.4 Å². The van der Waals surface area contributed by atoms with Crippen LogP contribution in [0, 0.1) is 0 Å². The Balaban J connectivity index is 1.32. The van der Waals surface area contributed by atoms with Gasteiger partial charge in [-0.25, -0.2) is 4.79 Å². The standard InChI is InChI=1S/C29H28N4O2/c1-35-22-11-12-23-21(18-22)13-14-32(26(23)17-20-7-3-2-4-8-20)15-16-33-27-19-30-25-10-6-5-9-24(25)28(27)31-29(33)34/h2-12,18-19,26H,13-17H2,1H3,(H,31,34). The van der Waals surface area contributed by atoms with Crippen molar-refractivity contribution >= 4 is 21.9 Å². The van der Waals surface area contributed by atoms with E-state index in [0.717, 1.165) is 53.6 Å². The van der Waals surface area contributed by atoms with Gasteiger partial charge in [-0.3, -0.25) is 14.5 Å². The number of methoxy groups -OCH3 is 1. The Morgan fingerprint density at radius 2 is 1.86 bits per heavy atom. The maximum atomic E-state index is 12.9. The summed E-state index contributed by atoms with van der Waals surface area (Å²) in [5.74, 6) is 0.903. The molecular formula is C29H28N4O2. The number of benzene rings is 3. The lowest BCUT2D eigenvalue weighted by molar-refractivity contribution is 0.176. The van der Waals surface area contributed by atoms with E-state index in [1.807, 2.05) is 35.0 Å². The van der Waals surface area contributed by atoms with Crippen LogP contribution in [0.1, 0.15) is 22.7 Å². The number of nitrogens with zero attached hydrogens (tertiary/aromatic N) is 3. The van der Waals surface area contributed by atoms with Gasteiger partial charge in [-0.2, -0.15) is 0 Å². The van der Waals surface area contributed by atoms with Crippen molar-refractivity contribution in [1.29, 1.82) is 0 Å². The lowest BCUT2D eigenvalue weighted by Gasteiger charge is -2.38. The van der Waals surface area contributed by atoms with Crippen LogP contribution in [0.5, 0.6) is 5.75 Å². The Morgan fingerprint density at radius 1 is 1.03 bits per heavy atom. The summed E-state index contributed by atoms with van der Waals surface area (Å²) in [6.07, 6.45) is 3.71. The van der Waals surface area contributed by atoms with E-state index in [-0.39, 0.29) is 11.7 Å². The van der Waals surface area contributed by atoms with E-state index in [0.29, 0.717) is 6.54 Å². The van der Waals surface area contributed by atoms with Crippen LogP contribution in [0.3, 0.4) is 0 Å². The number of ether oxygens (including phenoxy) is 1. The molecule has 0 saturated carbocycles. The highest BCUT2D eigenvalue weighted by atomic mass is 16.5. The van der Waals surface area contributed by atoms with Crippen molar-refractivity contribution in [2.75, 3.05) is 20.2 Å². The van der Waals surface area contributed by atoms with Crippen molar-refractivity contribution in [3.05, 3.63) is 106 Å². The number of aromatic nitrogens is 3. The number of hydrogen-bond donors (Lipinski definition) is 1. The summed E-state index contributed by atoms with van der Waals surface area (Å²) < 4.78 is 7.31. The lowest BCUT2D eigenvalue weighted by atomic mass is 9.88. The summed E-state index contributed by atoms with van der Waals surface area (Å²) >= 11 is 0. The van der Waals surface area contributed by atoms with Gasteiger partial charge < -0.3 is 9.72 Å². The molecule has 176 valence electrons. The second-order valence-corrected chi connectivity index (χ2v) is 9.17. The molecule has 0 bridgehead atoms.